The van der Waals surface area contributed by atoms with Gasteiger partial charge in [0.05, 0.1) is 24.5 Å². The molecule has 12 heteroatoms. The van der Waals surface area contributed by atoms with Crippen molar-refractivity contribution in [3.8, 4) is 5.13 Å². The number of aromatic nitrogens is 3. The summed E-state index contributed by atoms with van der Waals surface area (Å²) < 4.78 is 44.9. The second kappa shape index (κ2) is 9.13. The lowest BCUT2D eigenvalue weighted by molar-refractivity contribution is -0.140. The van der Waals surface area contributed by atoms with Crippen molar-refractivity contribution in [2.24, 2.45) is 0 Å². The Morgan fingerprint density at radius 2 is 2.07 bits per heavy atom. The Labute approximate surface area is 179 Å². The van der Waals surface area contributed by atoms with Gasteiger partial charge in [-0.05, 0) is 17.7 Å². The van der Waals surface area contributed by atoms with Crippen LogP contribution in [0, 0.1) is 0 Å². The van der Waals surface area contributed by atoms with E-state index in [1.165, 1.54) is 12.4 Å². The lowest BCUT2D eigenvalue weighted by atomic mass is 10.1. The molecule has 2 aromatic heterocycles. The number of nitrogens with zero attached hydrogens (tertiary/aromatic N) is 3. The second-order valence-corrected chi connectivity index (χ2v) is 7.16. The maximum absolute atomic E-state index is 12.7. The minimum absolute atomic E-state index is 0. The van der Waals surface area contributed by atoms with E-state index in [0.717, 1.165) is 40.1 Å². The molecule has 1 fully saturated rings. The molecule has 30 heavy (non-hydrogen) atoms. The van der Waals surface area contributed by atoms with E-state index in [2.05, 4.69) is 20.7 Å². The number of rotatable bonds is 4. The van der Waals surface area contributed by atoms with Crippen molar-refractivity contribution in [1.82, 2.24) is 20.1 Å². The zero-order chi connectivity index (χ0) is 20.4. The predicted molar refractivity (Wildman–Crippen MR) is 107 cm³/mol. The van der Waals surface area contributed by atoms with Crippen LogP contribution in [-0.4, -0.2) is 40.4 Å². The number of hydrogen-bond acceptors (Lipinski definition) is 6. The van der Waals surface area contributed by atoms with E-state index in [0.29, 0.717) is 12.3 Å². The zero-order valence-electron chi connectivity index (χ0n) is 15.3. The van der Waals surface area contributed by atoms with Crippen LogP contribution in [0.5, 0.6) is 0 Å². The number of nitrogens with one attached hydrogen (secondary N) is 2. The summed E-state index contributed by atoms with van der Waals surface area (Å²) in [5, 5.41) is 10.9. The monoisotopic (exact) mass is 459 g/mol. The highest BCUT2D eigenvalue weighted by molar-refractivity contribution is 7.12. The first-order valence-electron chi connectivity index (χ1n) is 8.71. The zero-order valence-corrected chi connectivity index (χ0v) is 17.0. The molecule has 7 nitrogen and oxygen atoms in total. The van der Waals surface area contributed by atoms with E-state index in [-0.39, 0.29) is 29.2 Å². The lowest BCUT2D eigenvalue weighted by Gasteiger charge is -2.24. The fourth-order valence-electron chi connectivity index (χ4n) is 2.81. The first-order chi connectivity index (χ1) is 13.9. The van der Waals surface area contributed by atoms with E-state index >= 15 is 0 Å². The molecule has 1 aliphatic rings. The summed E-state index contributed by atoms with van der Waals surface area (Å²) >= 11 is 0.794. The number of carbonyl (C=O) groups is 1. The Balaban J connectivity index is 0.00000256. The third-order valence-electron chi connectivity index (χ3n) is 4.29. The van der Waals surface area contributed by atoms with Crippen LogP contribution in [0.25, 0.3) is 5.13 Å². The Morgan fingerprint density at radius 1 is 1.30 bits per heavy atom. The molecular formula is C18H17ClF3N5O2S. The van der Waals surface area contributed by atoms with Gasteiger partial charge in [-0.15, -0.1) is 23.7 Å². The van der Waals surface area contributed by atoms with Gasteiger partial charge in [0, 0.05) is 30.4 Å². The van der Waals surface area contributed by atoms with Crippen molar-refractivity contribution >= 4 is 35.3 Å². The highest BCUT2D eigenvalue weighted by atomic mass is 35.5. The van der Waals surface area contributed by atoms with Crippen LogP contribution in [0.4, 0.5) is 18.9 Å². The number of anilines is 1. The summed E-state index contributed by atoms with van der Waals surface area (Å²) in [6.45, 7) is 2.21. The van der Waals surface area contributed by atoms with Crippen LogP contribution in [0.15, 0.2) is 42.0 Å². The summed E-state index contributed by atoms with van der Waals surface area (Å²) in [6.07, 6.45) is -1.93. The van der Waals surface area contributed by atoms with E-state index in [9.17, 15) is 18.0 Å². The number of ether oxygens (including phenoxy) is 1. The highest BCUT2D eigenvalue weighted by Crippen LogP contribution is 2.31. The molecule has 160 valence electrons. The van der Waals surface area contributed by atoms with Gasteiger partial charge in [0.2, 0.25) is 5.13 Å². The van der Waals surface area contributed by atoms with Gasteiger partial charge < -0.3 is 15.4 Å². The second-order valence-electron chi connectivity index (χ2n) is 6.33. The van der Waals surface area contributed by atoms with Crippen molar-refractivity contribution < 1.29 is 22.7 Å². The minimum atomic E-state index is -4.52. The van der Waals surface area contributed by atoms with Gasteiger partial charge in [0.25, 0.3) is 5.91 Å². The van der Waals surface area contributed by atoms with Crippen molar-refractivity contribution in [3.63, 3.8) is 0 Å². The highest BCUT2D eigenvalue weighted by Gasteiger charge is 2.34. The number of halogens is 4. The molecular weight excluding hydrogens is 443 g/mol. The van der Waals surface area contributed by atoms with Crippen LogP contribution < -0.4 is 10.6 Å². The minimum Gasteiger partial charge on any atom is -0.371 e. The molecule has 1 amide bonds. The van der Waals surface area contributed by atoms with Gasteiger partial charge in [-0.2, -0.15) is 18.3 Å². The number of benzene rings is 1. The molecule has 1 aromatic carbocycles. The Kier molecular flexibility index (Phi) is 6.76. The molecule has 3 aromatic rings. The van der Waals surface area contributed by atoms with E-state index in [1.807, 2.05) is 12.1 Å². The Morgan fingerprint density at radius 3 is 2.70 bits per heavy atom. The van der Waals surface area contributed by atoms with Crippen molar-refractivity contribution in [3.05, 3.63) is 58.9 Å². The van der Waals surface area contributed by atoms with E-state index in [4.69, 9.17) is 4.74 Å². The molecule has 0 spiro atoms. The third kappa shape index (κ3) is 4.98. The van der Waals surface area contributed by atoms with Crippen LogP contribution >= 0.6 is 23.7 Å². The van der Waals surface area contributed by atoms with E-state index < -0.39 is 17.8 Å². The van der Waals surface area contributed by atoms with Gasteiger partial charge in [-0.3, -0.25) is 4.79 Å². The Hall–Kier alpha value is -2.47. The molecule has 0 radical (unpaired) electrons. The van der Waals surface area contributed by atoms with E-state index in [1.54, 1.807) is 12.1 Å². The fourth-order valence-corrected chi connectivity index (χ4v) is 3.57. The summed E-state index contributed by atoms with van der Waals surface area (Å²) in [6, 6.07) is 7.30. The quantitative estimate of drug-likeness (QED) is 0.622. The number of hydrogen-bond donors (Lipinski definition) is 2. The molecule has 1 aliphatic heterocycles. The lowest BCUT2D eigenvalue weighted by Crippen LogP contribution is -2.33. The number of thiazole rings is 1. The van der Waals surface area contributed by atoms with Crippen molar-refractivity contribution in [1.29, 1.82) is 0 Å². The third-order valence-corrected chi connectivity index (χ3v) is 5.12. The molecule has 0 aliphatic carbocycles. The van der Waals surface area contributed by atoms with Gasteiger partial charge >= 0.3 is 6.18 Å². The van der Waals surface area contributed by atoms with Crippen LogP contribution in [0.1, 0.15) is 27.7 Å². The smallest absolute Gasteiger partial charge is 0.371 e. The number of alkyl halides is 3. The summed E-state index contributed by atoms with van der Waals surface area (Å²) in [4.78, 5) is 15.9. The van der Waals surface area contributed by atoms with Crippen molar-refractivity contribution in [2.45, 2.75) is 12.3 Å². The van der Waals surface area contributed by atoms with Gasteiger partial charge in [0.15, 0.2) is 5.69 Å². The first-order valence-corrected chi connectivity index (χ1v) is 9.59. The molecule has 3 heterocycles. The molecule has 0 saturated carbocycles. The number of carbonyl (C=O) groups excluding carboxylic acids is 1. The molecule has 1 atom stereocenters. The van der Waals surface area contributed by atoms with Crippen molar-refractivity contribution in [2.75, 3.05) is 25.0 Å². The van der Waals surface area contributed by atoms with Gasteiger partial charge in [-0.25, -0.2) is 9.67 Å². The fraction of sp³-hybridized carbons (Fsp3) is 0.278. The first kappa shape index (κ1) is 22.2. The molecule has 1 saturated heterocycles. The predicted octanol–water partition coefficient (Wildman–Crippen LogP) is 3.68. The standard InChI is InChI=1S/C18H16F3N5O2S.ClH/c19-18(20,21)15-10-29-17(25-15)26-9-12(7-23-26)16(27)24-13-3-1-11(2-4-13)14-8-22-5-6-28-14;/h1-4,7,9-10,14,22H,5-6,8H2,(H,24,27);1H. The Bertz CT molecular complexity index is 1000. The maximum atomic E-state index is 12.7. The molecule has 1 unspecified atom stereocenters. The molecule has 2 N–H and O–H groups in total. The normalized spacial score (nSPS) is 16.7. The van der Waals surface area contributed by atoms with Crippen LogP contribution in [0.3, 0.4) is 0 Å². The average Bonchev–Trinajstić information content (AvgIpc) is 3.39. The molecule has 4 rings (SSSR count). The summed E-state index contributed by atoms with van der Waals surface area (Å²) in [7, 11) is 0. The van der Waals surface area contributed by atoms with Crippen LogP contribution in [-0.2, 0) is 10.9 Å². The topological polar surface area (TPSA) is 81.1 Å². The average molecular weight is 460 g/mol. The molecule has 0 bridgehead atoms. The van der Waals surface area contributed by atoms with Crippen LogP contribution in [0.2, 0.25) is 0 Å². The number of morpholine rings is 1. The largest absolute Gasteiger partial charge is 0.434 e. The summed E-state index contributed by atoms with van der Waals surface area (Å²) in [5.74, 6) is -0.424. The SMILES string of the molecule is Cl.O=C(Nc1ccc(C2CNCCO2)cc1)c1cnn(-c2nc(C(F)(F)F)cs2)c1. The van der Waals surface area contributed by atoms with Gasteiger partial charge in [-0.1, -0.05) is 12.1 Å². The summed E-state index contributed by atoms with van der Waals surface area (Å²) in [5.41, 5.74) is 0.810. The van der Waals surface area contributed by atoms with Gasteiger partial charge in [0.1, 0.15) is 0 Å². The maximum Gasteiger partial charge on any atom is 0.434 e. The number of amides is 1.